The Morgan fingerprint density at radius 1 is 1.70 bits per heavy atom. The van der Waals surface area contributed by atoms with Gasteiger partial charge in [-0.3, -0.25) is 4.99 Å². The second kappa shape index (κ2) is 4.28. The van der Waals surface area contributed by atoms with Gasteiger partial charge in [0.25, 0.3) is 0 Å². The molecule has 0 spiro atoms. The monoisotopic (exact) mass is 142 g/mol. The fourth-order valence-corrected chi connectivity index (χ4v) is 0.999. The zero-order valence-corrected chi connectivity index (χ0v) is 6.42. The van der Waals surface area contributed by atoms with Crippen molar-refractivity contribution in [3.63, 3.8) is 0 Å². The minimum absolute atomic E-state index is 0.852. The van der Waals surface area contributed by atoms with Crippen LogP contribution in [-0.4, -0.2) is 44.6 Å². The van der Waals surface area contributed by atoms with Gasteiger partial charge in [-0.25, -0.2) is 0 Å². The molecule has 0 atom stereocenters. The first-order chi connectivity index (χ1) is 4.93. The van der Waals surface area contributed by atoms with Crippen molar-refractivity contribution in [1.29, 1.82) is 0 Å². The summed E-state index contributed by atoms with van der Waals surface area (Å²) in [6, 6.07) is 0. The fraction of sp³-hybridized carbons (Fsp3) is 0.857. The first kappa shape index (κ1) is 7.54. The van der Waals surface area contributed by atoms with Crippen LogP contribution >= 0.6 is 0 Å². The number of nitrogens with zero attached hydrogens (tertiary/aromatic N) is 2. The Kier molecular flexibility index (Phi) is 3.22. The molecule has 0 amide bonds. The highest BCUT2D eigenvalue weighted by molar-refractivity contribution is 5.56. The van der Waals surface area contributed by atoms with E-state index in [9.17, 15) is 0 Å². The van der Waals surface area contributed by atoms with Gasteiger partial charge in [-0.05, 0) is 6.42 Å². The van der Waals surface area contributed by atoms with Gasteiger partial charge in [0.1, 0.15) is 0 Å². The molecule has 0 aromatic heterocycles. The molecule has 0 saturated heterocycles. The van der Waals surface area contributed by atoms with Crippen LogP contribution in [0, 0.1) is 0 Å². The van der Waals surface area contributed by atoms with Crippen LogP contribution in [0.2, 0.25) is 0 Å². The van der Waals surface area contributed by atoms with Crippen molar-refractivity contribution in [2.75, 3.05) is 33.4 Å². The molecule has 0 radical (unpaired) electrons. The minimum Gasteiger partial charge on any atom is -0.385 e. The Morgan fingerprint density at radius 2 is 2.60 bits per heavy atom. The molecule has 3 heteroatoms. The van der Waals surface area contributed by atoms with Crippen LogP contribution in [-0.2, 0) is 4.74 Å². The standard InChI is InChI=1S/C7H14N2O/c1-10-6-2-4-9-5-3-8-7-9/h7H,2-6H2,1H3. The highest BCUT2D eigenvalue weighted by atomic mass is 16.5. The Hall–Kier alpha value is -0.570. The molecule has 0 aliphatic carbocycles. The van der Waals surface area contributed by atoms with Crippen molar-refractivity contribution < 1.29 is 4.74 Å². The smallest absolute Gasteiger partial charge is 0.0851 e. The van der Waals surface area contributed by atoms with Gasteiger partial charge in [0.15, 0.2) is 0 Å². The average Bonchev–Trinajstić information content (AvgIpc) is 2.41. The van der Waals surface area contributed by atoms with Crippen LogP contribution in [0.4, 0.5) is 0 Å². The minimum atomic E-state index is 0.852. The molecule has 0 unspecified atom stereocenters. The van der Waals surface area contributed by atoms with Gasteiger partial charge >= 0.3 is 0 Å². The van der Waals surface area contributed by atoms with E-state index in [1.165, 1.54) is 0 Å². The van der Waals surface area contributed by atoms with E-state index in [-0.39, 0.29) is 0 Å². The third-order valence-electron chi connectivity index (χ3n) is 1.56. The van der Waals surface area contributed by atoms with E-state index in [1.54, 1.807) is 7.11 Å². The second-order valence-electron chi connectivity index (χ2n) is 2.40. The van der Waals surface area contributed by atoms with E-state index < -0.39 is 0 Å². The maximum Gasteiger partial charge on any atom is 0.0851 e. The van der Waals surface area contributed by atoms with Crippen LogP contribution in [0.5, 0.6) is 0 Å². The largest absolute Gasteiger partial charge is 0.385 e. The predicted molar refractivity (Wildman–Crippen MR) is 41.4 cm³/mol. The lowest BCUT2D eigenvalue weighted by molar-refractivity contribution is 0.188. The average molecular weight is 142 g/mol. The third-order valence-corrected chi connectivity index (χ3v) is 1.56. The Balaban J connectivity index is 1.97. The molecule has 0 bridgehead atoms. The normalized spacial score (nSPS) is 16.7. The highest BCUT2D eigenvalue weighted by Gasteiger charge is 2.02. The van der Waals surface area contributed by atoms with Crippen LogP contribution < -0.4 is 0 Å². The molecular formula is C7H14N2O. The van der Waals surface area contributed by atoms with Crippen molar-refractivity contribution in [2.45, 2.75) is 6.42 Å². The molecule has 0 aromatic rings. The lowest BCUT2D eigenvalue weighted by Crippen LogP contribution is -2.21. The zero-order chi connectivity index (χ0) is 7.23. The Morgan fingerprint density at radius 3 is 3.20 bits per heavy atom. The van der Waals surface area contributed by atoms with Crippen LogP contribution in [0.25, 0.3) is 0 Å². The van der Waals surface area contributed by atoms with Crippen LogP contribution in [0.3, 0.4) is 0 Å². The van der Waals surface area contributed by atoms with Crippen molar-refractivity contribution in [1.82, 2.24) is 4.90 Å². The maximum absolute atomic E-state index is 4.93. The molecule has 1 aliphatic heterocycles. The van der Waals surface area contributed by atoms with Gasteiger partial charge < -0.3 is 9.64 Å². The fourth-order valence-electron chi connectivity index (χ4n) is 0.999. The predicted octanol–water partition coefficient (Wildman–Crippen LogP) is 0.367. The Labute approximate surface area is 61.7 Å². The van der Waals surface area contributed by atoms with Crippen molar-refractivity contribution >= 4 is 6.34 Å². The van der Waals surface area contributed by atoms with Gasteiger partial charge in [-0.15, -0.1) is 0 Å². The van der Waals surface area contributed by atoms with Gasteiger partial charge in [0.2, 0.25) is 0 Å². The summed E-state index contributed by atoms with van der Waals surface area (Å²) in [7, 11) is 1.73. The molecule has 1 rings (SSSR count). The lowest BCUT2D eigenvalue weighted by Gasteiger charge is -2.12. The van der Waals surface area contributed by atoms with E-state index in [0.717, 1.165) is 32.7 Å². The van der Waals surface area contributed by atoms with E-state index in [1.807, 2.05) is 6.34 Å². The number of hydrogen-bond donors (Lipinski definition) is 0. The molecule has 10 heavy (non-hydrogen) atoms. The molecular weight excluding hydrogens is 128 g/mol. The molecule has 0 aromatic carbocycles. The van der Waals surface area contributed by atoms with E-state index in [4.69, 9.17) is 4.74 Å². The van der Waals surface area contributed by atoms with E-state index >= 15 is 0 Å². The van der Waals surface area contributed by atoms with Gasteiger partial charge in [-0.1, -0.05) is 0 Å². The highest BCUT2D eigenvalue weighted by Crippen LogP contribution is 1.94. The van der Waals surface area contributed by atoms with Crippen molar-refractivity contribution in [3.8, 4) is 0 Å². The second-order valence-corrected chi connectivity index (χ2v) is 2.40. The number of aliphatic imine (C=N–C) groups is 1. The number of ether oxygens (including phenoxy) is 1. The molecule has 1 aliphatic rings. The quantitative estimate of drug-likeness (QED) is 0.530. The Bertz CT molecular complexity index is 114. The summed E-state index contributed by atoms with van der Waals surface area (Å²) >= 11 is 0. The van der Waals surface area contributed by atoms with Gasteiger partial charge in [0, 0.05) is 26.8 Å². The summed E-state index contributed by atoms with van der Waals surface area (Å²) in [5.41, 5.74) is 0. The van der Waals surface area contributed by atoms with Crippen LogP contribution in [0.15, 0.2) is 4.99 Å². The SMILES string of the molecule is COCCCN1C=NCC1. The van der Waals surface area contributed by atoms with E-state index in [0.29, 0.717) is 0 Å². The molecule has 58 valence electrons. The maximum atomic E-state index is 4.93. The van der Waals surface area contributed by atoms with Crippen molar-refractivity contribution in [3.05, 3.63) is 0 Å². The summed E-state index contributed by atoms with van der Waals surface area (Å²) in [6.07, 6.45) is 3.03. The topological polar surface area (TPSA) is 24.8 Å². The molecule has 0 N–H and O–H groups in total. The number of methoxy groups -OCH3 is 1. The van der Waals surface area contributed by atoms with E-state index in [2.05, 4.69) is 9.89 Å². The van der Waals surface area contributed by atoms with Gasteiger partial charge in [0.05, 0.1) is 12.9 Å². The molecule has 3 nitrogen and oxygen atoms in total. The number of hydrogen-bond acceptors (Lipinski definition) is 3. The summed E-state index contributed by atoms with van der Waals surface area (Å²) in [5.74, 6) is 0. The van der Waals surface area contributed by atoms with Gasteiger partial charge in [-0.2, -0.15) is 0 Å². The van der Waals surface area contributed by atoms with Crippen LogP contribution in [0.1, 0.15) is 6.42 Å². The molecule has 0 saturated carbocycles. The summed E-state index contributed by atoms with van der Waals surface area (Å²) in [5, 5.41) is 0. The summed E-state index contributed by atoms with van der Waals surface area (Å²) in [6.45, 7) is 3.98. The summed E-state index contributed by atoms with van der Waals surface area (Å²) < 4.78 is 4.93. The molecule has 1 heterocycles. The summed E-state index contributed by atoms with van der Waals surface area (Å²) in [4.78, 5) is 6.32. The third kappa shape index (κ3) is 2.35. The molecule has 0 fully saturated rings. The van der Waals surface area contributed by atoms with Crippen molar-refractivity contribution in [2.24, 2.45) is 4.99 Å². The lowest BCUT2D eigenvalue weighted by atomic mass is 10.4. The number of rotatable bonds is 4. The first-order valence-corrected chi connectivity index (χ1v) is 3.66. The first-order valence-electron chi connectivity index (χ1n) is 3.66. The zero-order valence-electron chi connectivity index (χ0n) is 6.42.